The Hall–Kier alpha value is -1.02. The second-order valence-corrected chi connectivity index (χ2v) is 5.01. The van der Waals surface area contributed by atoms with Crippen molar-refractivity contribution in [3.8, 4) is 0 Å². The summed E-state index contributed by atoms with van der Waals surface area (Å²) in [6.45, 7) is 13.1. The number of likely N-dealkylation sites (N-methyl/N-ethyl adjacent to an activating group) is 1. The van der Waals surface area contributed by atoms with Crippen LogP contribution in [0.4, 0.5) is 5.69 Å². The van der Waals surface area contributed by atoms with Crippen LogP contribution in [0.3, 0.4) is 0 Å². The lowest BCUT2D eigenvalue weighted by Crippen LogP contribution is -2.33. The van der Waals surface area contributed by atoms with Gasteiger partial charge in [-0.3, -0.25) is 0 Å². The standard InChI is InChI=1S/C15H26N2/c1-5-17(11-10-16-12-13(2)3)15-8-6-14(4)7-9-15/h6-9,13,16H,5,10-12H2,1-4H3. The predicted octanol–water partition coefficient (Wildman–Crippen LogP) is 3.07. The van der Waals surface area contributed by atoms with Crippen LogP contribution in [0, 0.1) is 12.8 Å². The van der Waals surface area contributed by atoms with E-state index in [9.17, 15) is 0 Å². The molecule has 2 heteroatoms. The van der Waals surface area contributed by atoms with Gasteiger partial charge in [-0.1, -0.05) is 31.5 Å². The Morgan fingerprint density at radius 2 is 1.82 bits per heavy atom. The van der Waals surface area contributed by atoms with Crippen LogP contribution in [-0.4, -0.2) is 26.2 Å². The summed E-state index contributed by atoms with van der Waals surface area (Å²) in [6.07, 6.45) is 0. The largest absolute Gasteiger partial charge is 0.371 e. The minimum Gasteiger partial charge on any atom is -0.371 e. The summed E-state index contributed by atoms with van der Waals surface area (Å²) in [5.41, 5.74) is 2.65. The quantitative estimate of drug-likeness (QED) is 0.729. The molecule has 1 aromatic rings. The van der Waals surface area contributed by atoms with Crippen molar-refractivity contribution in [3.05, 3.63) is 29.8 Å². The lowest BCUT2D eigenvalue weighted by atomic mass is 10.2. The van der Waals surface area contributed by atoms with Crippen molar-refractivity contribution in [1.82, 2.24) is 5.32 Å². The highest BCUT2D eigenvalue weighted by Crippen LogP contribution is 2.14. The molecule has 0 spiro atoms. The Balaban J connectivity index is 2.40. The van der Waals surface area contributed by atoms with Gasteiger partial charge in [0.2, 0.25) is 0 Å². The van der Waals surface area contributed by atoms with Crippen molar-refractivity contribution < 1.29 is 0 Å². The zero-order valence-electron chi connectivity index (χ0n) is 11.7. The Kier molecular flexibility index (Phi) is 6.06. The molecule has 0 aliphatic heterocycles. The van der Waals surface area contributed by atoms with Crippen LogP contribution in [0.25, 0.3) is 0 Å². The van der Waals surface area contributed by atoms with Gasteiger partial charge in [-0.05, 0) is 38.4 Å². The Morgan fingerprint density at radius 1 is 1.18 bits per heavy atom. The van der Waals surface area contributed by atoms with Gasteiger partial charge >= 0.3 is 0 Å². The first-order valence-electron chi connectivity index (χ1n) is 6.65. The molecule has 1 N–H and O–H groups in total. The minimum absolute atomic E-state index is 0.726. The third kappa shape index (κ3) is 5.22. The highest BCUT2D eigenvalue weighted by molar-refractivity contribution is 5.47. The van der Waals surface area contributed by atoms with Crippen molar-refractivity contribution in [2.24, 2.45) is 5.92 Å². The number of nitrogens with zero attached hydrogens (tertiary/aromatic N) is 1. The molecule has 0 radical (unpaired) electrons. The number of rotatable bonds is 7. The van der Waals surface area contributed by atoms with Crippen LogP contribution in [0.2, 0.25) is 0 Å². The summed E-state index contributed by atoms with van der Waals surface area (Å²) in [6, 6.07) is 8.78. The third-order valence-corrected chi connectivity index (χ3v) is 2.89. The molecule has 0 aromatic heterocycles. The summed E-state index contributed by atoms with van der Waals surface area (Å²) in [4.78, 5) is 2.41. The highest BCUT2D eigenvalue weighted by atomic mass is 15.1. The molecule has 0 bridgehead atoms. The molecule has 0 amide bonds. The summed E-state index contributed by atoms with van der Waals surface area (Å²) < 4.78 is 0. The molecule has 17 heavy (non-hydrogen) atoms. The lowest BCUT2D eigenvalue weighted by Gasteiger charge is -2.23. The Labute approximate surface area is 106 Å². The molecule has 0 unspecified atom stereocenters. The molecule has 0 aliphatic carbocycles. The second-order valence-electron chi connectivity index (χ2n) is 5.01. The smallest absolute Gasteiger partial charge is 0.0366 e. The maximum atomic E-state index is 3.49. The van der Waals surface area contributed by atoms with Gasteiger partial charge in [-0.2, -0.15) is 0 Å². The van der Waals surface area contributed by atoms with Gasteiger partial charge in [0.15, 0.2) is 0 Å². The fourth-order valence-electron chi connectivity index (χ4n) is 1.83. The van der Waals surface area contributed by atoms with Crippen molar-refractivity contribution >= 4 is 5.69 Å². The minimum atomic E-state index is 0.726. The van der Waals surface area contributed by atoms with E-state index in [0.29, 0.717) is 0 Å². The number of hydrogen-bond donors (Lipinski definition) is 1. The van der Waals surface area contributed by atoms with Crippen molar-refractivity contribution in [1.29, 1.82) is 0 Å². The molecular weight excluding hydrogens is 208 g/mol. The number of nitrogens with one attached hydrogen (secondary N) is 1. The average Bonchev–Trinajstić information content (AvgIpc) is 2.30. The van der Waals surface area contributed by atoms with Crippen LogP contribution < -0.4 is 10.2 Å². The van der Waals surface area contributed by atoms with E-state index in [4.69, 9.17) is 0 Å². The number of benzene rings is 1. The first kappa shape index (κ1) is 14.0. The maximum absolute atomic E-state index is 3.49. The van der Waals surface area contributed by atoms with Gasteiger partial charge in [0.05, 0.1) is 0 Å². The molecule has 0 fully saturated rings. The summed E-state index contributed by atoms with van der Waals surface area (Å²) in [5.74, 6) is 0.726. The van der Waals surface area contributed by atoms with Gasteiger partial charge in [-0.25, -0.2) is 0 Å². The number of anilines is 1. The molecule has 0 heterocycles. The fraction of sp³-hybridized carbons (Fsp3) is 0.600. The van der Waals surface area contributed by atoms with Crippen LogP contribution in [0.1, 0.15) is 26.3 Å². The zero-order chi connectivity index (χ0) is 12.7. The van der Waals surface area contributed by atoms with E-state index in [-0.39, 0.29) is 0 Å². The van der Waals surface area contributed by atoms with Crippen LogP contribution in [-0.2, 0) is 0 Å². The molecule has 0 saturated carbocycles. The molecule has 0 atom stereocenters. The van der Waals surface area contributed by atoms with Gasteiger partial charge in [0, 0.05) is 25.3 Å². The van der Waals surface area contributed by atoms with Gasteiger partial charge in [0.25, 0.3) is 0 Å². The predicted molar refractivity (Wildman–Crippen MR) is 76.8 cm³/mol. The monoisotopic (exact) mass is 234 g/mol. The van der Waals surface area contributed by atoms with E-state index in [1.54, 1.807) is 0 Å². The fourth-order valence-corrected chi connectivity index (χ4v) is 1.83. The van der Waals surface area contributed by atoms with E-state index in [1.807, 2.05) is 0 Å². The van der Waals surface area contributed by atoms with Gasteiger partial charge < -0.3 is 10.2 Å². The first-order valence-corrected chi connectivity index (χ1v) is 6.65. The number of aryl methyl sites for hydroxylation is 1. The van der Waals surface area contributed by atoms with Crippen LogP contribution >= 0.6 is 0 Å². The van der Waals surface area contributed by atoms with Crippen LogP contribution in [0.5, 0.6) is 0 Å². The first-order chi connectivity index (χ1) is 8.13. The zero-order valence-corrected chi connectivity index (χ0v) is 11.7. The van der Waals surface area contributed by atoms with Crippen LogP contribution in [0.15, 0.2) is 24.3 Å². The molecule has 0 aliphatic rings. The van der Waals surface area contributed by atoms with E-state index in [1.165, 1.54) is 11.3 Å². The molecule has 1 aromatic carbocycles. The SMILES string of the molecule is CCN(CCNCC(C)C)c1ccc(C)cc1. The Bertz CT molecular complexity index is 303. The average molecular weight is 234 g/mol. The molecule has 1 rings (SSSR count). The molecule has 2 nitrogen and oxygen atoms in total. The van der Waals surface area contributed by atoms with E-state index >= 15 is 0 Å². The molecule has 96 valence electrons. The Morgan fingerprint density at radius 3 is 2.35 bits per heavy atom. The number of hydrogen-bond acceptors (Lipinski definition) is 2. The summed E-state index contributed by atoms with van der Waals surface area (Å²) in [7, 11) is 0. The van der Waals surface area contributed by atoms with Gasteiger partial charge in [-0.15, -0.1) is 0 Å². The van der Waals surface area contributed by atoms with Crippen molar-refractivity contribution in [3.63, 3.8) is 0 Å². The third-order valence-electron chi connectivity index (χ3n) is 2.89. The second kappa shape index (κ2) is 7.33. The normalized spacial score (nSPS) is 10.9. The van der Waals surface area contributed by atoms with Gasteiger partial charge in [0.1, 0.15) is 0 Å². The van der Waals surface area contributed by atoms with Crippen molar-refractivity contribution in [2.45, 2.75) is 27.7 Å². The summed E-state index contributed by atoms with van der Waals surface area (Å²) in [5, 5.41) is 3.49. The van der Waals surface area contributed by atoms with E-state index < -0.39 is 0 Å². The molecule has 0 saturated heterocycles. The maximum Gasteiger partial charge on any atom is 0.0366 e. The summed E-state index contributed by atoms with van der Waals surface area (Å²) >= 11 is 0. The van der Waals surface area contributed by atoms with E-state index in [2.05, 4.69) is 62.2 Å². The topological polar surface area (TPSA) is 15.3 Å². The molecular formula is C15H26N2. The lowest BCUT2D eigenvalue weighted by molar-refractivity contribution is 0.551. The highest BCUT2D eigenvalue weighted by Gasteiger charge is 2.03. The van der Waals surface area contributed by atoms with E-state index in [0.717, 1.165) is 32.1 Å². The van der Waals surface area contributed by atoms with Crippen molar-refractivity contribution in [2.75, 3.05) is 31.1 Å².